The number of nitrogen functional groups attached to an aromatic ring is 1. The normalized spacial score (nSPS) is 10.9. The summed E-state index contributed by atoms with van der Waals surface area (Å²) in [4.78, 5) is 4.72. The molecule has 2 aromatic carbocycles. The van der Waals surface area contributed by atoms with Crippen LogP contribution < -0.4 is 10.5 Å². The molecule has 6 nitrogen and oxygen atoms in total. The molecule has 2 N–H and O–H groups in total. The van der Waals surface area contributed by atoms with Gasteiger partial charge in [-0.2, -0.15) is 4.68 Å². The molecule has 0 fully saturated rings. The van der Waals surface area contributed by atoms with Crippen molar-refractivity contribution in [2.24, 2.45) is 0 Å². The van der Waals surface area contributed by atoms with Gasteiger partial charge in [0.1, 0.15) is 10.8 Å². The Morgan fingerprint density at radius 2 is 1.89 bits per heavy atom. The number of aromatic nitrogens is 4. The Labute approximate surface area is 161 Å². The Hall–Kier alpha value is -3.19. The predicted molar refractivity (Wildman–Crippen MR) is 108 cm³/mol. The fraction of sp³-hybridized carbons (Fsp3) is 0.150. The molecule has 27 heavy (non-hydrogen) atoms. The smallest absolute Gasteiger partial charge is 0.165 e. The molecule has 0 spiro atoms. The minimum absolute atomic E-state index is 0.463. The summed E-state index contributed by atoms with van der Waals surface area (Å²) in [6.45, 7) is 4.65. The average Bonchev–Trinajstić information content (AvgIpc) is 3.30. The standard InChI is InChI=1S/C20H19N5OS/c1-3-26-15-10-8-14(9-11-15)25-19(21)18(23-24-25)20-22-17(12-27-20)16-7-5-4-6-13(16)2/h4-12H,3,21H2,1-2H3. The molecule has 0 aliphatic heterocycles. The average molecular weight is 377 g/mol. The fourth-order valence-corrected chi connectivity index (χ4v) is 3.66. The predicted octanol–water partition coefficient (Wildman–Crippen LogP) is 4.35. The van der Waals surface area contributed by atoms with Crippen molar-refractivity contribution >= 4 is 17.2 Å². The largest absolute Gasteiger partial charge is 0.494 e. The lowest BCUT2D eigenvalue weighted by Gasteiger charge is -2.05. The van der Waals surface area contributed by atoms with E-state index in [1.165, 1.54) is 16.9 Å². The molecule has 4 rings (SSSR count). The maximum Gasteiger partial charge on any atom is 0.165 e. The molecule has 0 bridgehead atoms. The van der Waals surface area contributed by atoms with Gasteiger partial charge >= 0.3 is 0 Å². The molecular formula is C20H19N5OS. The number of benzene rings is 2. The molecule has 0 aliphatic rings. The topological polar surface area (TPSA) is 78.8 Å². The Morgan fingerprint density at radius 1 is 1.11 bits per heavy atom. The van der Waals surface area contributed by atoms with Crippen molar-refractivity contribution in [2.75, 3.05) is 12.3 Å². The van der Waals surface area contributed by atoms with Gasteiger partial charge in [-0.05, 0) is 43.7 Å². The SMILES string of the molecule is CCOc1ccc(-n2nnc(-c3nc(-c4ccccc4C)cs3)c2N)cc1. The summed E-state index contributed by atoms with van der Waals surface area (Å²) in [5, 5.41) is 11.2. The molecule has 0 unspecified atom stereocenters. The number of rotatable bonds is 5. The first-order valence-corrected chi connectivity index (χ1v) is 9.51. The van der Waals surface area contributed by atoms with Crippen LogP contribution in [0.1, 0.15) is 12.5 Å². The van der Waals surface area contributed by atoms with Crippen molar-refractivity contribution < 1.29 is 4.74 Å². The highest BCUT2D eigenvalue weighted by Gasteiger charge is 2.17. The van der Waals surface area contributed by atoms with Crippen molar-refractivity contribution in [1.29, 1.82) is 0 Å². The lowest BCUT2D eigenvalue weighted by atomic mass is 10.1. The number of hydrogen-bond donors (Lipinski definition) is 1. The van der Waals surface area contributed by atoms with Crippen LogP contribution in [0, 0.1) is 6.92 Å². The number of thiazole rings is 1. The van der Waals surface area contributed by atoms with Crippen LogP contribution >= 0.6 is 11.3 Å². The zero-order chi connectivity index (χ0) is 18.8. The fourth-order valence-electron chi connectivity index (χ4n) is 2.85. The van der Waals surface area contributed by atoms with E-state index in [9.17, 15) is 0 Å². The minimum Gasteiger partial charge on any atom is -0.494 e. The summed E-state index contributed by atoms with van der Waals surface area (Å²) in [7, 11) is 0. The van der Waals surface area contributed by atoms with Gasteiger partial charge in [-0.25, -0.2) is 4.98 Å². The highest BCUT2D eigenvalue weighted by molar-refractivity contribution is 7.13. The number of nitrogens with two attached hydrogens (primary N) is 1. The van der Waals surface area contributed by atoms with Gasteiger partial charge in [-0.15, -0.1) is 16.4 Å². The molecule has 2 aromatic heterocycles. The van der Waals surface area contributed by atoms with Crippen LogP contribution in [0.15, 0.2) is 53.9 Å². The Balaban J connectivity index is 1.66. The zero-order valence-electron chi connectivity index (χ0n) is 15.1. The highest BCUT2D eigenvalue weighted by atomic mass is 32.1. The van der Waals surface area contributed by atoms with E-state index < -0.39 is 0 Å². The van der Waals surface area contributed by atoms with Gasteiger partial charge in [0, 0.05) is 10.9 Å². The highest BCUT2D eigenvalue weighted by Crippen LogP contribution is 2.32. The second-order valence-electron chi connectivity index (χ2n) is 6.01. The first-order chi connectivity index (χ1) is 13.2. The molecule has 0 atom stereocenters. The summed E-state index contributed by atoms with van der Waals surface area (Å²) in [5.41, 5.74) is 10.9. The third-order valence-electron chi connectivity index (χ3n) is 4.23. The van der Waals surface area contributed by atoms with E-state index in [1.54, 1.807) is 4.68 Å². The van der Waals surface area contributed by atoms with E-state index in [2.05, 4.69) is 29.4 Å². The number of anilines is 1. The molecule has 4 aromatic rings. The van der Waals surface area contributed by atoms with E-state index in [4.69, 9.17) is 15.5 Å². The summed E-state index contributed by atoms with van der Waals surface area (Å²) in [6.07, 6.45) is 0. The van der Waals surface area contributed by atoms with E-state index >= 15 is 0 Å². The second kappa shape index (κ2) is 7.20. The number of nitrogens with zero attached hydrogens (tertiary/aromatic N) is 4. The molecule has 0 saturated carbocycles. The Kier molecular flexibility index (Phi) is 4.60. The van der Waals surface area contributed by atoms with E-state index in [0.29, 0.717) is 18.1 Å². The van der Waals surface area contributed by atoms with Crippen molar-refractivity contribution in [3.8, 4) is 33.4 Å². The molecule has 0 aliphatic carbocycles. The van der Waals surface area contributed by atoms with Gasteiger partial charge in [-0.1, -0.05) is 29.5 Å². The van der Waals surface area contributed by atoms with Crippen LogP contribution in [0.5, 0.6) is 5.75 Å². The first-order valence-electron chi connectivity index (χ1n) is 8.63. The van der Waals surface area contributed by atoms with Gasteiger partial charge in [0.15, 0.2) is 11.5 Å². The number of ether oxygens (including phenoxy) is 1. The third-order valence-corrected chi connectivity index (χ3v) is 5.07. The molecule has 7 heteroatoms. The first kappa shape index (κ1) is 17.2. The quantitative estimate of drug-likeness (QED) is 0.559. The van der Waals surface area contributed by atoms with E-state index in [-0.39, 0.29) is 0 Å². The van der Waals surface area contributed by atoms with Crippen LogP contribution in [0.3, 0.4) is 0 Å². The summed E-state index contributed by atoms with van der Waals surface area (Å²) in [6, 6.07) is 15.8. The van der Waals surface area contributed by atoms with Gasteiger partial charge < -0.3 is 10.5 Å². The Morgan fingerprint density at radius 3 is 2.63 bits per heavy atom. The van der Waals surface area contributed by atoms with Crippen LogP contribution in [-0.4, -0.2) is 26.6 Å². The molecular weight excluding hydrogens is 358 g/mol. The molecule has 0 saturated heterocycles. The summed E-state index contributed by atoms with van der Waals surface area (Å²) >= 11 is 1.51. The van der Waals surface area contributed by atoms with Crippen molar-refractivity contribution in [3.63, 3.8) is 0 Å². The van der Waals surface area contributed by atoms with Crippen LogP contribution in [0.2, 0.25) is 0 Å². The number of hydrogen-bond acceptors (Lipinski definition) is 6. The van der Waals surface area contributed by atoms with Gasteiger partial charge in [0.25, 0.3) is 0 Å². The Bertz CT molecular complexity index is 1070. The summed E-state index contributed by atoms with van der Waals surface area (Å²) < 4.78 is 7.08. The van der Waals surface area contributed by atoms with E-state index in [1.807, 2.05) is 48.7 Å². The molecule has 0 radical (unpaired) electrons. The minimum atomic E-state index is 0.463. The van der Waals surface area contributed by atoms with E-state index in [0.717, 1.165) is 27.7 Å². The lowest BCUT2D eigenvalue weighted by molar-refractivity contribution is 0.340. The van der Waals surface area contributed by atoms with Crippen LogP contribution in [-0.2, 0) is 0 Å². The third kappa shape index (κ3) is 3.29. The van der Waals surface area contributed by atoms with Crippen molar-refractivity contribution in [1.82, 2.24) is 20.0 Å². The van der Waals surface area contributed by atoms with Gasteiger partial charge in [0.2, 0.25) is 0 Å². The molecule has 2 heterocycles. The maximum absolute atomic E-state index is 6.32. The van der Waals surface area contributed by atoms with Crippen molar-refractivity contribution in [2.45, 2.75) is 13.8 Å². The molecule has 0 amide bonds. The summed E-state index contributed by atoms with van der Waals surface area (Å²) in [5.74, 6) is 1.27. The maximum atomic E-state index is 6.32. The van der Waals surface area contributed by atoms with Crippen LogP contribution in [0.25, 0.3) is 27.6 Å². The zero-order valence-corrected chi connectivity index (χ0v) is 15.9. The monoisotopic (exact) mass is 377 g/mol. The van der Waals surface area contributed by atoms with Gasteiger partial charge in [-0.3, -0.25) is 0 Å². The van der Waals surface area contributed by atoms with Crippen molar-refractivity contribution in [3.05, 3.63) is 59.5 Å². The second-order valence-corrected chi connectivity index (χ2v) is 6.87. The van der Waals surface area contributed by atoms with Gasteiger partial charge in [0.05, 0.1) is 18.0 Å². The number of aryl methyl sites for hydroxylation is 1. The molecule has 136 valence electrons. The lowest BCUT2D eigenvalue weighted by Crippen LogP contribution is -2.02. The van der Waals surface area contributed by atoms with Crippen LogP contribution in [0.4, 0.5) is 5.82 Å².